The molecule has 0 aliphatic carbocycles. The van der Waals surface area contributed by atoms with Crippen molar-refractivity contribution in [3.8, 4) is 0 Å². The summed E-state index contributed by atoms with van der Waals surface area (Å²) >= 11 is 0. The van der Waals surface area contributed by atoms with Crippen LogP contribution < -0.4 is 10.6 Å². The van der Waals surface area contributed by atoms with Crippen molar-refractivity contribution in [1.82, 2.24) is 10.6 Å². The first kappa shape index (κ1) is 20.0. The van der Waals surface area contributed by atoms with Crippen molar-refractivity contribution in [3.63, 3.8) is 0 Å². The zero-order valence-corrected chi connectivity index (χ0v) is 15.2. The lowest BCUT2D eigenvalue weighted by molar-refractivity contribution is -0.122. The lowest BCUT2D eigenvalue weighted by Gasteiger charge is -2.28. The van der Waals surface area contributed by atoms with E-state index in [1.807, 2.05) is 6.07 Å². The van der Waals surface area contributed by atoms with Crippen LogP contribution in [-0.4, -0.2) is 25.5 Å². The van der Waals surface area contributed by atoms with Gasteiger partial charge in [0.05, 0.1) is 0 Å². The molecule has 130 valence electrons. The first-order valence-electron chi connectivity index (χ1n) is 8.73. The number of nitrogens with one attached hydrogen (secondary N) is 2. The first-order chi connectivity index (χ1) is 10.7. The summed E-state index contributed by atoms with van der Waals surface area (Å²) in [6.07, 6.45) is 4.19. The summed E-state index contributed by atoms with van der Waals surface area (Å²) < 4.78 is 0. The molecule has 0 bridgehead atoms. The average molecular weight is 339 g/mol. The Bertz CT molecular complexity index is 446. The Hall–Kier alpha value is -1.06. The summed E-state index contributed by atoms with van der Waals surface area (Å²) in [6.45, 7) is 7.33. The summed E-state index contributed by atoms with van der Waals surface area (Å²) in [4.78, 5) is 12.2. The molecule has 1 aliphatic heterocycles. The van der Waals surface area contributed by atoms with Crippen molar-refractivity contribution >= 4 is 18.3 Å². The third kappa shape index (κ3) is 6.52. The molecular weight excluding hydrogens is 308 g/mol. The Labute approximate surface area is 147 Å². The molecule has 23 heavy (non-hydrogen) atoms. The molecule has 1 amide bonds. The van der Waals surface area contributed by atoms with Gasteiger partial charge in [-0.3, -0.25) is 4.79 Å². The number of carbonyl (C=O) groups is 1. The number of amides is 1. The molecule has 2 N–H and O–H groups in total. The molecule has 0 radical (unpaired) electrons. The highest BCUT2D eigenvalue weighted by Crippen LogP contribution is 2.23. The zero-order valence-electron chi connectivity index (χ0n) is 14.4. The van der Waals surface area contributed by atoms with Crippen LogP contribution in [0.4, 0.5) is 0 Å². The van der Waals surface area contributed by atoms with Gasteiger partial charge in [0, 0.05) is 18.9 Å². The first-order valence-corrected chi connectivity index (χ1v) is 8.73. The molecule has 1 heterocycles. The van der Waals surface area contributed by atoms with Crippen molar-refractivity contribution in [2.24, 2.45) is 11.8 Å². The molecule has 2 rings (SSSR count). The number of piperidine rings is 1. The Morgan fingerprint density at radius 2 is 2.09 bits per heavy atom. The fraction of sp³-hybridized carbons (Fsp3) is 0.632. The van der Waals surface area contributed by atoms with E-state index in [2.05, 4.69) is 48.7 Å². The van der Waals surface area contributed by atoms with E-state index >= 15 is 0 Å². The van der Waals surface area contributed by atoms with Gasteiger partial charge in [-0.1, -0.05) is 44.2 Å². The second kappa shape index (κ2) is 10.7. The molecule has 3 atom stereocenters. The fourth-order valence-electron chi connectivity index (χ4n) is 3.36. The van der Waals surface area contributed by atoms with Crippen LogP contribution >= 0.6 is 12.4 Å². The van der Waals surface area contributed by atoms with E-state index in [-0.39, 0.29) is 18.3 Å². The minimum atomic E-state index is 0. The minimum Gasteiger partial charge on any atom is -0.355 e. The second-order valence-electron chi connectivity index (χ2n) is 6.61. The van der Waals surface area contributed by atoms with Crippen LogP contribution in [0.15, 0.2) is 30.3 Å². The van der Waals surface area contributed by atoms with Crippen LogP contribution in [0.3, 0.4) is 0 Å². The van der Waals surface area contributed by atoms with Crippen molar-refractivity contribution in [2.75, 3.05) is 19.6 Å². The van der Waals surface area contributed by atoms with Gasteiger partial charge in [-0.2, -0.15) is 0 Å². The topological polar surface area (TPSA) is 41.1 Å². The Morgan fingerprint density at radius 3 is 2.70 bits per heavy atom. The molecule has 3 nitrogen and oxygen atoms in total. The molecular formula is C19H31ClN2O. The smallest absolute Gasteiger partial charge is 0.220 e. The molecule has 0 saturated carbocycles. The minimum absolute atomic E-state index is 0. The Balaban J connectivity index is 0.00000264. The number of hydrogen-bond donors (Lipinski definition) is 2. The van der Waals surface area contributed by atoms with E-state index < -0.39 is 0 Å². The quantitative estimate of drug-likeness (QED) is 0.795. The largest absolute Gasteiger partial charge is 0.355 e. The Kier molecular flexibility index (Phi) is 9.27. The maximum absolute atomic E-state index is 12.2. The van der Waals surface area contributed by atoms with Crippen LogP contribution in [0.1, 0.15) is 51.0 Å². The molecule has 4 heteroatoms. The van der Waals surface area contributed by atoms with Crippen LogP contribution in [0.25, 0.3) is 0 Å². The lowest BCUT2D eigenvalue weighted by Crippen LogP contribution is -2.36. The van der Waals surface area contributed by atoms with Gasteiger partial charge in [-0.05, 0) is 49.8 Å². The van der Waals surface area contributed by atoms with Crippen molar-refractivity contribution in [2.45, 2.75) is 45.4 Å². The summed E-state index contributed by atoms with van der Waals surface area (Å²) in [5.41, 5.74) is 1.31. The molecule has 1 fully saturated rings. The number of hydrogen-bond acceptors (Lipinski definition) is 2. The standard InChI is InChI=1S/C19H30N2O.ClH/c1-3-16(17-8-5-4-6-9-17)14-21-19(22)12-15(2)18-10-7-11-20-13-18;/h4-6,8-9,15-16,18,20H,3,7,10-14H2,1-2H3,(H,21,22);1H. The van der Waals surface area contributed by atoms with Crippen molar-refractivity contribution < 1.29 is 4.79 Å². The van der Waals surface area contributed by atoms with Crippen molar-refractivity contribution in [1.29, 1.82) is 0 Å². The van der Waals surface area contributed by atoms with E-state index in [4.69, 9.17) is 0 Å². The summed E-state index contributed by atoms with van der Waals surface area (Å²) in [7, 11) is 0. The lowest BCUT2D eigenvalue weighted by atomic mass is 9.85. The molecule has 1 aromatic carbocycles. The van der Waals surface area contributed by atoms with Gasteiger partial charge >= 0.3 is 0 Å². The van der Waals surface area contributed by atoms with E-state index in [1.54, 1.807) is 0 Å². The molecule has 1 saturated heterocycles. The van der Waals surface area contributed by atoms with Crippen LogP contribution in [0, 0.1) is 11.8 Å². The van der Waals surface area contributed by atoms with Gasteiger partial charge in [0.1, 0.15) is 0 Å². The number of carbonyl (C=O) groups excluding carboxylic acids is 1. The SMILES string of the molecule is CCC(CNC(=O)CC(C)C1CCCNC1)c1ccccc1.Cl. The third-order valence-corrected chi connectivity index (χ3v) is 4.96. The summed E-state index contributed by atoms with van der Waals surface area (Å²) in [6, 6.07) is 10.5. The van der Waals surface area contributed by atoms with Crippen molar-refractivity contribution in [3.05, 3.63) is 35.9 Å². The average Bonchev–Trinajstić information content (AvgIpc) is 2.57. The zero-order chi connectivity index (χ0) is 15.8. The number of rotatable bonds is 7. The van der Waals surface area contributed by atoms with E-state index in [0.29, 0.717) is 24.2 Å². The van der Waals surface area contributed by atoms with Gasteiger partial charge < -0.3 is 10.6 Å². The Morgan fingerprint density at radius 1 is 1.35 bits per heavy atom. The highest BCUT2D eigenvalue weighted by Gasteiger charge is 2.22. The molecule has 0 aromatic heterocycles. The maximum atomic E-state index is 12.2. The predicted octanol–water partition coefficient (Wildman–Crippen LogP) is 3.74. The highest BCUT2D eigenvalue weighted by atomic mass is 35.5. The predicted molar refractivity (Wildman–Crippen MR) is 99.1 cm³/mol. The molecule has 0 spiro atoms. The van der Waals surface area contributed by atoms with E-state index in [1.165, 1.54) is 18.4 Å². The van der Waals surface area contributed by atoms with Crippen LogP contribution in [-0.2, 0) is 4.79 Å². The van der Waals surface area contributed by atoms with Crippen LogP contribution in [0.2, 0.25) is 0 Å². The molecule has 1 aliphatic rings. The highest BCUT2D eigenvalue weighted by molar-refractivity contribution is 5.85. The van der Waals surface area contributed by atoms with Gasteiger partial charge in [-0.25, -0.2) is 0 Å². The van der Waals surface area contributed by atoms with Gasteiger partial charge in [0.15, 0.2) is 0 Å². The third-order valence-electron chi connectivity index (χ3n) is 4.96. The van der Waals surface area contributed by atoms with Gasteiger partial charge in [-0.15, -0.1) is 12.4 Å². The van der Waals surface area contributed by atoms with E-state index in [9.17, 15) is 4.79 Å². The van der Waals surface area contributed by atoms with Gasteiger partial charge in [0.2, 0.25) is 5.91 Å². The number of halogens is 1. The fourth-order valence-corrected chi connectivity index (χ4v) is 3.36. The number of benzene rings is 1. The van der Waals surface area contributed by atoms with Crippen LogP contribution in [0.5, 0.6) is 0 Å². The van der Waals surface area contributed by atoms with E-state index in [0.717, 1.165) is 26.1 Å². The maximum Gasteiger partial charge on any atom is 0.220 e. The summed E-state index contributed by atoms with van der Waals surface area (Å²) in [5, 5.41) is 6.58. The molecule has 1 aromatic rings. The summed E-state index contributed by atoms with van der Waals surface area (Å²) in [5.74, 6) is 1.73. The molecule has 3 unspecified atom stereocenters. The normalized spacial score (nSPS) is 20.2. The second-order valence-corrected chi connectivity index (χ2v) is 6.61. The van der Waals surface area contributed by atoms with Gasteiger partial charge in [0.25, 0.3) is 0 Å². The monoisotopic (exact) mass is 338 g/mol.